The van der Waals surface area contributed by atoms with Crippen LogP contribution < -0.4 is 4.90 Å². The Kier molecular flexibility index (Phi) is 2.39. The van der Waals surface area contributed by atoms with E-state index >= 15 is 0 Å². The number of rotatable bonds is 3. The molecule has 5 nitrogen and oxygen atoms in total. The Morgan fingerprint density at radius 2 is 2.64 bits per heavy atom. The van der Waals surface area contributed by atoms with Crippen LogP contribution in [0.15, 0.2) is 12.3 Å². The summed E-state index contributed by atoms with van der Waals surface area (Å²) in [5.74, 6) is 0.190. The molecule has 1 aliphatic heterocycles. The van der Waals surface area contributed by atoms with Crippen molar-refractivity contribution in [2.24, 2.45) is 0 Å². The molecule has 1 aliphatic rings. The molecule has 76 valence electrons. The summed E-state index contributed by atoms with van der Waals surface area (Å²) < 4.78 is 0. The summed E-state index contributed by atoms with van der Waals surface area (Å²) in [6.07, 6.45) is 3.90. The van der Waals surface area contributed by atoms with E-state index in [1.807, 2.05) is 6.07 Å². The average molecular weight is 195 g/mol. The minimum atomic E-state index is -0.735. The molecule has 2 heterocycles. The van der Waals surface area contributed by atoms with Crippen LogP contribution in [-0.4, -0.2) is 33.9 Å². The highest BCUT2D eigenvalue weighted by atomic mass is 16.4. The molecule has 2 rings (SSSR count). The number of carboxylic acids is 1. The van der Waals surface area contributed by atoms with Gasteiger partial charge < -0.3 is 10.0 Å². The molecule has 0 aromatic carbocycles. The molecule has 1 atom stereocenters. The number of carbonyl (C=O) groups is 1. The lowest BCUT2D eigenvalue weighted by Gasteiger charge is -2.23. The van der Waals surface area contributed by atoms with E-state index in [1.54, 1.807) is 6.20 Å². The first-order chi connectivity index (χ1) is 6.77. The van der Waals surface area contributed by atoms with Crippen molar-refractivity contribution < 1.29 is 9.90 Å². The quantitative estimate of drug-likeness (QED) is 0.750. The number of aromatic amines is 1. The van der Waals surface area contributed by atoms with Crippen molar-refractivity contribution in [3.8, 4) is 0 Å². The van der Waals surface area contributed by atoms with Gasteiger partial charge in [0.25, 0.3) is 0 Å². The molecule has 1 aromatic rings. The Hall–Kier alpha value is -1.52. The van der Waals surface area contributed by atoms with E-state index in [4.69, 9.17) is 5.11 Å². The standard InChI is InChI=1S/C9H13N3O2/c13-9(14)6-7-2-1-5-12(7)8-3-4-10-11-8/h3-4,7H,1-2,5-6H2,(H,10,11)(H,13,14). The summed E-state index contributed by atoms with van der Waals surface area (Å²) in [7, 11) is 0. The van der Waals surface area contributed by atoms with Gasteiger partial charge in [-0.1, -0.05) is 0 Å². The lowest BCUT2D eigenvalue weighted by atomic mass is 10.1. The summed E-state index contributed by atoms with van der Waals surface area (Å²) in [5, 5.41) is 15.5. The fourth-order valence-corrected chi connectivity index (χ4v) is 1.98. The van der Waals surface area contributed by atoms with Crippen molar-refractivity contribution in [1.29, 1.82) is 0 Å². The first-order valence-electron chi connectivity index (χ1n) is 4.75. The Balaban J connectivity index is 2.07. The average Bonchev–Trinajstić information content (AvgIpc) is 2.70. The predicted molar refractivity (Wildman–Crippen MR) is 51.2 cm³/mol. The highest BCUT2D eigenvalue weighted by Gasteiger charge is 2.27. The number of H-pyrrole nitrogens is 1. The third-order valence-electron chi connectivity index (χ3n) is 2.58. The van der Waals surface area contributed by atoms with Crippen LogP contribution >= 0.6 is 0 Å². The number of aliphatic carboxylic acids is 1. The van der Waals surface area contributed by atoms with Crippen molar-refractivity contribution in [2.75, 3.05) is 11.4 Å². The zero-order chi connectivity index (χ0) is 9.97. The van der Waals surface area contributed by atoms with Crippen molar-refractivity contribution in [2.45, 2.75) is 25.3 Å². The van der Waals surface area contributed by atoms with Gasteiger partial charge in [-0.2, -0.15) is 5.10 Å². The van der Waals surface area contributed by atoms with Gasteiger partial charge in [0.2, 0.25) is 0 Å². The van der Waals surface area contributed by atoms with E-state index < -0.39 is 5.97 Å². The molecule has 5 heteroatoms. The van der Waals surface area contributed by atoms with Gasteiger partial charge >= 0.3 is 5.97 Å². The summed E-state index contributed by atoms with van der Waals surface area (Å²) in [5.41, 5.74) is 0. The largest absolute Gasteiger partial charge is 0.481 e. The Labute approximate surface area is 81.7 Å². The topological polar surface area (TPSA) is 69.2 Å². The van der Waals surface area contributed by atoms with Gasteiger partial charge in [-0.05, 0) is 12.8 Å². The minimum absolute atomic E-state index is 0.118. The second kappa shape index (κ2) is 3.69. The molecule has 0 bridgehead atoms. The van der Waals surface area contributed by atoms with Crippen LogP contribution in [0.3, 0.4) is 0 Å². The van der Waals surface area contributed by atoms with Crippen LogP contribution in [0.5, 0.6) is 0 Å². The van der Waals surface area contributed by atoms with Crippen LogP contribution in [0.1, 0.15) is 19.3 Å². The summed E-state index contributed by atoms with van der Waals surface area (Å²) in [4.78, 5) is 12.7. The highest BCUT2D eigenvalue weighted by molar-refractivity contribution is 5.68. The number of nitrogens with one attached hydrogen (secondary N) is 1. The maximum Gasteiger partial charge on any atom is 0.305 e. The fraction of sp³-hybridized carbons (Fsp3) is 0.556. The SMILES string of the molecule is O=C(O)CC1CCCN1c1ccn[nH]1. The van der Waals surface area contributed by atoms with E-state index in [1.165, 1.54) is 0 Å². The van der Waals surface area contributed by atoms with Gasteiger partial charge in [0.05, 0.1) is 12.6 Å². The number of nitrogens with zero attached hydrogens (tertiary/aromatic N) is 2. The van der Waals surface area contributed by atoms with E-state index in [9.17, 15) is 4.79 Å². The zero-order valence-electron chi connectivity index (χ0n) is 7.81. The third kappa shape index (κ3) is 1.71. The number of aromatic nitrogens is 2. The van der Waals surface area contributed by atoms with Crippen LogP contribution in [0.4, 0.5) is 5.82 Å². The monoisotopic (exact) mass is 195 g/mol. The fourth-order valence-electron chi connectivity index (χ4n) is 1.98. The van der Waals surface area contributed by atoms with E-state index in [0.29, 0.717) is 0 Å². The number of anilines is 1. The third-order valence-corrected chi connectivity index (χ3v) is 2.58. The van der Waals surface area contributed by atoms with E-state index in [2.05, 4.69) is 15.1 Å². The number of hydrogen-bond donors (Lipinski definition) is 2. The molecule has 0 spiro atoms. The Bertz CT molecular complexity index is 310. The molecule has 1 fully saturated rings. The highest BCUT2D eigenvalue weighted by Crippen LogP contribution is 2.25. The van der Waals surface area contributed by atoms with E-state index in [0.717, 1.165) is 25.2 Å². The number of carboxylic acid groups (broad SMARTS) is 1. The van der Waals surface area contributed by atoms with Gasteiger partial charge in [-0.15, -0.1) is 0 Å². The second-order valence-corrected chi connectivity index (χ2v) is 3.53. The first kappa shape index (κ1) is 9.05. The van der Waals surface area contributed by atoms with Gasteiger partial charge in [-0.25, -0.2) is 0 Å². The molecule has 1 unspecified atom stereocenters. The molecular formula is C9H13N3O2. The van der Waals surface area contributed by atoms with Crippen LogP contribution in [0.25, 0.3) is 0 Å². The van der Waals surface area contributed by atoms with Gasteiger partial charge in [-0.3, -0.25) is 9.89 Å². The zero-order valence-corrected chi connectivity index (χ0v) is 7.81. The maximum absolute atomic E-state index is 10.6. The van der Waals surface area contributed by atoms with Gasteiger partial charge in [0.15, 0.2) is 0 Å². The molecule has 2 N–H and O–H groups in total. The lowest BCUT2D eigenvalue weighted by molar-refractivity contribution is -0.137. The second-order valence-electron chi connectivity index (χ2n) is 3.53. The molecule has 0 saturated carbocycles. The molecular weight excluding hydrogens is 182 g/mol. The predicted octanol–water partition coefficient (Wildman–Crippen LogP) is 0.853. The summed E-state index contributed by atoms with van der Waals surface area (Å²) >= 11 is 0. The van der Waals surface area contributed by atoms with Crippen molar-refractivity contribution in [3.63, 3.8) is 0 Å². The molecule has 0 aliphatic carbocycles. The smallest absolute Gasteiger partial charge is 0.305 e. The Morgan fingerprint density at radius 3 is 3.29 bits per heavy atom. The summed E-state index contributed by atoms with van der Waals surface area (Å²) in [6.45, 7) is 0.917. The maximum atomic E-state index is 10.6. The normalized spacial score (nSPS) is 21.4. The van der Waals surface area contributed by atoms with Gasteiger partial charge in [0, 0.05) is 18.7 Å². The molecule has 1 aromatic heterocycles. The van der Waals surface area contributed by atoms with Crippen LogP contribution in [-0.2, 0) is 4.79 Å². The molecule has 0 amide bonds. The number of hydrogen-bond acceptors (Lipinski definition) is 3. The first-order valence-corrected chi connectivity index (χ1v) is 4.75. The van der Waals surface area contributed by atoms with Crippen molar-refractivity contribution in [3.05, 3.63) is 12.3 Å². The van der Waals surface area contributed by atoms with Crippen molar-refractivity contribution in [1.82, 2.24) is 10.2 Å². The lowest BCUT2D eigenvalue weighted by Crippen LogP contribution is -2.31. The summed E-state index contributed by atoms with van der Waals surface area (Å²) in [6, 6.07) is 1.99. The van der Waals surface area contributed by atoms with E-state index in [-0.39, 0.29) is 12.5 Å². The molecule has 1 saturated heterocycles. The van der Waals surface area contributed by atoms with Gasteiger partial charge in [0.1, 0.15) is 5.82 Å². The van der Waals surface area contributed by atoms with Crippen molar-refractivity contribution >= 4 is 11.8 Å². The molecule has 14 heavy (non-hydrogen) atoms. The van der Waals surface area contributed by atoms with Crippen LogP contribution in [0.2, 0.25) is 0 Å². The minimum Gasteiger partial charge on any atom is -0.481 e. The Morgan fingerprint density at radius 1 is 1.79 bits per heavy atom. The van der Waals surface area contributed by atoms with Crippen LogP contribution in [0, 0.1) is 0 Å². The molecule has 0 radical (unpaired) electrons.